The second-order valence-electron chi connectivity index (χ2n) is 6.29. The van der Waals surface area contributed by atoms with E-state index in [-0.39, 0.29) is 18.6 Å². The van der Waals surface area contributed by atoms with Gasteiger partial charge < -0.3 is 26.2 Å². The van der Waals surface area contributed by atoms with Gasteiger partial charge in [0.05, 0.1) is 5.56 Å². The summed E-state index contributed by atoms with van der Waals surface area (Å²) in [4.78, 5) is 23.2. The Kier molecular flexibility index (Phi) is 8.35. The Morgan fingerprint density at radius 1 is 1.07 bits per heavy atom. The predicted octanol–water partition coefficient (Wildman–Crippen LogP) is 3.25. The summed E-state index contributed by atoms with van der Waals surface area (Å²) in [5, 5.41) is 14.1. The van der Waals surface area contributed by atoms with Crippen LogP contribution >= 0.6 is 0 Å². The third-order valence-corrected chi connectivity index (χ3v) is 4.11. The molecule has 1 atom stereocenters. The highest BCUT2D eigenvalue weighted by molar-refractivity contribution is 5.92. The van der Waals surface area contributed by atoms with Gasteiger partial charge in [0.2, 0.25) is 0 Å². The molecule has 29 heavy (non-hydrogen) atoms. The molecule has 1 unspecified atom stereocenters. The number of unbranched alkanes of at least 4 members (excludes halogenated alkanes) is 1. The quantitative estimate of drug-likeness (QED) is 0.452. The topological polar surface area (TPSA) is 114 Å². The number of rotatable bonds is 10. The minimum absolute atomic E-state index is 0.177. The van der Waals surface area contributed by atoms with Crippen LogP contribution in [0.5, 0.6) is 5.75 Å². The Hall–Kier alpha value is -3.20. The van der Waals surface area contributed by atoms with Crippen molar-refractivity contribution in [3.63, 3.8) is 0 Å². The number of anilines is 1. The van der Waals surface area contributed by atoms with Crippen molar-refractivity contribution in [2.45, 2.75) is 31.9 Å². The number of aliphatic carboxylic acids is 1. The molecular formula is C20H23F2N3O4. The van der Waals surface area contributed by atoms with Gasteiger partial charge in [-0.1, -0.05) is 6.07 Å². The molecule has 2 aromatic carbocycles. The third-order valence-electron chi connectivity index (χ3n) is 4.11. The highest BCUT2D eigenvalue weighted by atomic mass is 19.1. The van der Waals surface area contributed by atoms with Gasteiger partial charge in [-0.15, -0.1) is 0 Å². The molecule has 0 radical (unpaired) electrons. The van der Waals surface area contributed by atoms with Crippen molar-refractivity contribution in [3.8, 4) is 5.75 Å². The van der Waals surface area contributed by atoms with E-state index in [1.807, 2.05) is 0 Å². The molecule has 9 heteroatoms. The van der Waals surface area contributed by atoms with Crippen LogP contribution in [0.2, 0.25) is 0 Å². The summed E-state index contributed by atoms with van der Waals surface area (Å²) >= 11 is 0. The Balaban J connectivity index is 1.87. The van der Waals surface area contributed by atoms with Crippen LogP contribution in [-0.2, 0) is 11.4 Å². The highest BCUT2D eigenvalue weighted by Gasteiger charge is 2.19. The Morgan fingerprint density at radius 2 is 1.72 bits per heavy atom. The standard InChI is InChI=1S/C20H23F2N3O4/c21-16-4-3-5-17(22)15(16)12-29-14-9-7-13(8-10-14)24-20(28)25-18(19(26)27)6-1-2-11-23/h3-5,7-10,18H,1-2,6,11-12,23H2,(H,26,27)(H2,24,25,28). The third kappa shape index (κ3) is 7.04. The number of amides is 2. The number of carbonyl (C=O) groups excluding carboxylic acids is 1. The number of benzene rings is 2. The molecule has 2 aromatic rings. The molecule has 5 N–H and O–H groups in total. The lowest BCUT2D eigenvalue weighted by Gasteiger charge is -2.15. The van der Waals surface area contributed by atoms with E-state index in [0.717, 1.165) is 12.1 Å². The Bertz CT molecular complexity index is 811. The predicted molar refractivity (Wildman–Crippen MR) is 104 cm³/mol. The monoisotopic (exact) mass is 407 g/mol. The van der Waals surface area contributed by atoms with Crippen molar-refractivity contribution in [1.29, 1.82) is 0 Å². The van der Waals surface area contributed by atoms with Gasteiger partial charge in [0, 0.05) is 5.69 Å². The lowest BCUT2D eigenvalue weighted by molar-refractivity contribution is -0.139. The van der Waals surface area contributed by atoms with Gasteiger partial charge in [-0.05, 0) is 62.2 Å². The number of ether oxygens (including phenoxy) is 1. The van der Waals surface area contributed by atoms with Crippen molar-refractivity contribution < 1.29 is 28.2 Å². The fourth-order valence-corrected chi connectivity index (χ4v) is 2.54. The van der Waals surface area contributed by atoms with E-state index in [4.69, 9.17) is 10.5 Å². The first-order valence-corrected chi connectivity index (χ1v) is 9.07. The highest BCUT2D eigenvalue weighted by Crippen LogP contribution is 2.19. The fourth-order valence-electron chi connectivity index (χ4n) is 2.54. The van der Waals surface area contributed by atoms with Gasteiger partial charge >= 0.3 is 12.0 Å². The minimum Gasteiger partial charge on any atom is -0.489 e. The van der Waals surface area contributed by atoms with Crippen LogP contribution in [-0.4, -0.2) is 29.7 Å². The molecule has 0 spiro atoms. The molecule has 0 saturated heterocycles. The van der Waals surface area contributed by atoms with Crippen LogP contribution in [0.4, 0.5) is 19.3 Å². The van der Waals surface area contributed by atoms with Gasteiger partial charge in [0.1, 0.15) is 30.0 Å². The van der Waals surface area contributed by atoms with Crippen LogP contribution in [0.15, 0.2) is 42.5 Å². The summed E-state index contributed by atoms with van der Waals surface area (Å²) in [6, 6.07) is 7.98. The number of nitrogens with two attached hydrogens (primary N) is 1. The van der Waals surface area contributed by atoms with Crippen molar-refractivity contribution in [3.05, 3.63) is 59.7 Å². The summed E-state index contributed by atoms with van der Waals surface area (Å²) in [6.45, 7) is 0.172. The van der Waals surface area contributed by atoms with Crippen molar-refractivity contribution in [2.24, 2.45) is 5.73 Å². The molecule has 2 rings (SSSR count). The van der Waals surface area contributed by atoms with Crippen LogP contribution in [0, 0.1) is 11.6 Å². The van der Waals surface area contributed by atoms with E-state index in [9.17, 15) is 23.5 Å². The average Bonchev–Trinajstić information content (AvgIpc) is 2.68. The van der Waals surface area contributed by atoms with Crippen LogP contribution < -0.4 is 21.1 Å². The van der Waals surface area contributed by atoms with Crippen molar-refractivity contribution in [2.75, 3.05) is 11.9 Å². The van der Waals surface area contributed by atoms with Crippen molar-refractivity contribution >= 4 is 17.7 Å². The molecule has 0 bridgehead atoms. The largest absolute Gasteiger partial charge is 0.489 e. The second kappa shape index (κ2) is 11.0. The van der Waals surface area contributed by atoms with Gasteiger partial charge in [-0.3, -0.25) is 0 Å². The van der Waals surface area contributed by atoms with Gasteiger partial charge in [0.25, 0.3) is 0 Å². The van der Waals surface area contributed by atoms with E-state index < -0.39 is 29.7 Å². The first-order chi connectivity index (χ1) is 13.9. The molecule has 156 valence electrons. The van der Waals surface area contributed by atoms with Crippen LogP contribution in [0.3, 0.4) is 0 Å². The maximum absolute atomic E-state index is 13.6. The zero-order valence-corrected chi connectivity index (χ0v) is 15.7. The molecule has 0 fully saturated rings. The first kappa shape index (κ1) is 22.1. The zero-order chi connectivity index (χ0) is 21.2. The van der Waals surface area contributed by atoms with Crippen LogP contribution in [0.25, 0.3) is 0 Å². The molecule has 0 aromatic heterocycles. The number of carboxylic acid groups (broad SMARTS) is 1. The zero-order valence-electron chi connectivity index (χ0n) is 15.7. The van der Waals surface area contributed by atoms with Crippen LogP contribution in [0.1, 0.15) is 24.8 Å². The van der Waals surface area contributed by atoms with E-state index in [2.05, 4.69) is 10.6 Å². The van der Waals surface area contributed by atoms with E-state index in [1.165, 1.54) is 30.3 Å². The molecule has 7 nitrogen and oxygen atoms in total. The van der Waals surface area contributed by atoms with Gasteiger partial charge in [-0.25, -0.2) is 18.4 Å². The number of carbonyl (C=O) groups is 2. The molecule has 0 heterocycles. The maximum atomic E-state index is 13.6. The summed E-state index contributed by atoms with van der Waals surface area (Å²) in [5.41, 5.74) is 5.60. The second-order valence-corrected chi connectivity index (χ2v) is 6.29. The normalized spacial score (nSPS) is 11.6. The number of urea groups is 1. The molecule has 0 aliphatic rings. The SMILES string of the molecule is NCCCCC(NC(=O)Nc1ccc(OCc2c(F)cccc2F)cc1)C(=O)O. The number of halogens is 2. The summed E-state index contributed by atoms with van der Waals surface area (Å²) in [5.74, 6) is -2.16. The molecule has 0 aliphatic carbocycles. The fraction of sp³-hybridized carbons (Fsp3) is 0.300. The minimum atomic E-state index is -1.12. The molecule has 0 aliphatic heterocycles. The number of hydrogen-bond donors (Lipinski definition) is 4. The first-order valence-electron chi connectivity index (χ1n) is 9.07. The summed E-state index contributed by atoms with van der Waals surface area (Å²) in [6.07, 6.45) is 1.53. The van der Waals surface area contributed by atoms with Gasteiger partial charge in [0.15, 0.2) is 0 Å². The lowest BCUT2D eigenvalue weighted by Crippen LogP contribution is -2.43. The smallest absolute Gasteiger partial charge is 0.326 e. The number of nitrogens with one attached hydrogen (secondary N) is 2. The van der Waals surface area contributed by atoms with E-state index in [0.29, 0.717) is 30.8 Å². The summed E-state index contributed by atoms with van der Waals surface area (Å²) in [7, 11) is 0. The maximum Gasteiger partial charge on any atom is 0.326 e. The summed E-state index contributed by atoms with van der Waals surface area (Å²) < 4.78 is 32.6. The average molecular weight is 407 g/mol. The Labute approximate surface area is 166 Å². The molecule has 2 amide bonds. The molecular weight excluding hydrogens is 384 g/mol. The van der Waals surface area contributed by atoms with E-state index in [1.54, 1.807) is 0 Å². The number of carboxylic acids is 1. The van der Waals surface area contributed by atoms with Gasteiger partial charge in [-0.2, -0.15) is 0 Å². The Morgan fingerprint density at radius 3 is 2.31 bits per heavy atom. The molecule has 0 saturated carbocycles. The van der Waals surface area contributed by atoms with E-state index >= 15 is 0 Å². The van der Waals surface area contributed by atoms with Crippen molar-refractivity contribution in [1.82, 2.24) is 5.32 Å². The number of hydrogen-bond acceptors (Lipinski definition) is 4. The lowest BCUT2D eigenvalue weighted by atomic mass is 10.1.